The summed E-state index contributed by atoms with van der Waals surface area (Å²) in [5, 5.41) is 2.68. The van der Waals surface area contributed by atoms with Gasteiger partial charge in [0, 0.05) is 18.8 Å². The van der Waals surface area contributed by atoms with Crippen molar-refractivity contribution in [3.63, 3.8) is 0 Å². The molecule has 1 fully saturated rings. The Morgan fingerprint density at radius 3 is 2.71 bits per heavy atom. The third-order valence-corrected chi connectivity index (χ3v) is 7.43. The predicted octanol–water partition coefficient (Wildman–Crippen LogP) is 4.13. The zero-order valence-electron chi connectivity index (χ0n) is 17.5. The van der Waals surface area contributed by atoms with Crippen LogP contribution in [0.1, 0.15) is 42.5 Å². The minimum absolute atomic E-state index is 0.0187. The lowest BCUT2D eigenvalue weighted by atomic mass is 9.90. The number of anilines is 1. The van der Waals surface area contributed by atoms with E-state index in [4.69, 9.17) is 21.2 Å². The van der Waals surface area contributed by atoms with Crippen LogP contribution in [-0.4, -0.2) is 44.5 Å². The number of ether oxygens (including phenoxy) is 1. The van der Waals surface area contributed by atoms with Crippen molar-refractivity contribution in [3.05, 3.63) is 47.1 Å². The van der Waals surface area contributed by atoms with Crippen molar-refractivity contribution in [2.75, 3.05) is 26.1 Å². The largest absolute Gasteiger partial charge is 0.489 e. The van der Waals surface area contributed by atoms with Crippen molar-refractivity contribution in [1.29, 1.82) is 0 Å². The monoisotopic (exact) mass is 467 g/mol. The topological polar surface area (TPSA) is 97.8 Å². The molecule has 3 rings (SSSR count). The van der Waals surface area contributed by atoms with E-state index in [-0.39, 0.29) is 21.3 Å². The van der Waals surface area contributed by atoms with Gasteiger partial charge in [-0.05, 0) is 49.1 Å². The number of pyridine rings is 1. The number of benzene rings is 1. The first-order valence-electron chi connectivity index (χ1n) is 10.0. The first kappa shape index (κ1) is 23.5. The molecule has 0 radical (unpaired) electrons. The Bertz CT molecular complexity index is 1030. The van der Waals surface area contributed by atoms with Crippen LogP contribution in [0, 0.1) is 5.92 Å². The molecule has 1 aromatic carbocycles. The molecule has 0 atom stereocenters. The van der Waals surface area contributed by atoms with Crippen molar-refractivity contribution in [2.45, 2.75) is 37.0 Å². The summed E-state index contributed by atoms with van der Waals surface area (Å²) in [4.78, 5) is 21.6. The van der Waals surface area contributed by atoms with Gasteiger partial charge in [0.15, 0.2) is 11.6 Å². The molecule has 0 spiro atoms. The molecule has 0 bridgehead atoms. The number of carbonyl (C=O) groups excluding carboxylic acids is 1. The van der Waals surface area contributed by atoms with Gasteiger partial charge < -0.3 is 10.1 Å². The van der Waals surface area contributed by atoms with Crippen LogP contribution in [0.3, 0.4) is 0 Å². The molecular weight excluding hydrogens is 442 g/mol. The van der Waals surface area contributed by atoms with Gasteiger partial charge >= 0.3 is 0 Å². The summed E-state index contributed by atoms with van der Waals surface area (Å²) >= 11 is 6.06. The van der Waals surface area contributed by atoms with Gasteiger partial charge in [-0.25, -0.2) is 13.4 Å². The summed E-state index contributed by atoms with van der Waals surface area (Å²) in [7, 11) is -1.56. The number of carbonyl (C=O) groups is 1. The minimum Gasteiger partial charge on any atom is -0.489 e. The van der Waals surface area contributed by atoms with Gasteiger partial charge in [0.25, 0.3) is 15.9 Å². The maximum Gasteiger partial charge on any atom is 0.266 e. The second kappa shape index (κ2) is 10.4. The average molecular weight is 468 g/mol. The van der Waals surface area contributed by atoms with Crippen LogP contribution in [0.5, 0.6) is 5.75 Å². The molecule has 1 heterocycles. The highest BCUT2D eigenvalue weighted by molar-refractivity contribution is 7.89. The number of hydroxylamine groups is 1. The fourth-order valence-corrected chi connectivity index (χ4v) is 4.89. The Kier molecular flexibility index (Phi) is 7.88. The lowest BCUT2D eigenvalue weighted by molar-refractivity contribution is -0.0258. The van der Waals surface area contributed by atoms with Gasteiger partial charge in [-0.3, -0.25) is 9.63 Å². The molecule has 0 saturated heterocycles. The quantitative estimate of drug-likeness (QED) is 0.586. The minimum atomic E-state index is -4.02. The number of hydrogen-bond acceptors (Lipinski definition) is 6. The molecule has 10 heteroatoms. The second-order valence-corrected chi connectivity index (χ2v) is 9.67. The van der Waals surface area contributed by atoms with Crippen LogP contribution >= 0.6 is 11.6 Å². The van der Waals surface area contributed by atoms with Crippen LogP contribution < -0.4 is 10.1 Å². The molecule has 8 nitrogen and oxygen atoms in total. The third-order valence-electron chi connectivity index (χ3n) is 5.27. The normalized spacial score (nSPS) is 15.1. The molecule has 0 aliphatic heterocycles. The Hall–Kier alpha value is -2.20. The van der Waals surface area contributed by atoms with Gasteiger partial charge in [-0.15, -0.1) is 0 Å². The van der Waals surface area contributed by atoms with E-state index in [1.165, 1.54) is 51.6 Å². The van der Waals surface area contributed by atoms with Crippen LogP contribution in [-0.2, 0) is 14.9 Å². The standard InChI is InChI=1S/C21H26ClN3O5S/c1-25(29-2)31(27,28)19-13-16(10-11-17(19)22)21(26)24-20-18(9-6-12-23-20)30-14-15-7-4-3-5-8-15/h6,9-13,15H,3-5,7-8,14H2,1-2H3,(H,23,24,26). The fraction of sp³-hybridized carbons (Fsp3) is 0.429. The van der Waals surface area contributed by atoms with Crippen LogP contribution in [0.4, 0.5) is 5.82 Å². The van der Waals surface area contributed by atoms with Crippen molar-refractivity contribution >= 4 is 33.3 Å². The maximum absolute atomic E-state index is 12.8. The molecule has 1 aromatic heterocycles. The summed E-state index contributed by atoms with van der Waals surface area (Å²) < 4.78 is 31.7. The zero-order valence-corrected chi connectivity index (χ0v) is 19.1. The van der Waals surface area contributed by atoms with E-state index in [0.717, 1.165) is 12.8 Å². The highest BCUT2D eigenvalue weighted by Gasteiger charge is 2.25. The van der Waals surface area contributed by atoms with Crippen LogP contribution in [0.2, 0.25) is 5.02 Å². The first-order valence-corrected chi connectivity index (χ1v) is 11.9. The molecule has 31 heavy (non-hydrogen) atoms. The van der Waals surface area contributed by atoms with Crippen molar-refractivity contribution < 1.29 is 22.8 Å². The molecule has 0 unspecified atom stereocenters. The van der Waals surface area contributed by atoms with Gasteiger partial charge in [0.05, 0.1) is 18.7 Å². The van der Waals surface area contributed by atoms with Crippen molar-refractivity contribution in [3.8, 4) is 5.75 Å². The number of nitrogens with zero attached hydrogens (tertiary/aromatic N) is 2. The summed E-state index contributed by atoms with van der Waals surface area (Å²) in [6, 6.07) is 7.48. The van der Waals surface area contributed by atoms with Gasteiger partial charge in [0.2, 0.25) is 0 Å². The highest BCUT2D eigenvalue weighted by Crippen LogP contribution is 2.28. The van der Waals surface area contributed by atoms with E-state index in [2.05, 4.69) is 10.3 Å². The highest BCUT2D eigenvalue weighted by atomic mass is 35.5. The summed E-state index contributed by atoms with van der Waals surface area (Å²) in [5.74, 6) is 0.715. The van der Waals surface area contributed by atoms with Gasteiger partial charge in [-0.1, -0.05) is 35.3 Å². The summed E-state index contributed by atoms with van der Waals surface area (Å²) in [5.41, 5.74) is 0.108. The number of hydrogen-bond donors (Lipinski definition) is 1. The smallest absolute Gasteiger partial charge is 0.266 e. The molecule has 1 aliphatic rings. The number of rotatable bonds is 8. The lowest BCUT2D eigenvalue weighted by Gasteiger charge is -2.22. The molecule has 168 valence electrons. The molecular formula is C21H26ClN3O5S. The second-order valence-electron chi connectivity index (χ2n) is 7.36. The molecule has 1 amide bonds. The van der Waals surface area contributed by atoms with E-state index in [1.54, 1.807) is 18.3 Å². The fourth-order valence-electron chi connectivity index (χ4n) is 3.42. The Morgan fingerprint density at radius 1 is 1.26 bits per heavy atom. The number of sulfonamides is 1. The predicted molar refractivity (Wildman–Crippen MR) is 118 cm³/mol. The SMILES string of the molecule is CON(C)S(=O)(=O)c1cc(C(=O)Nc2ncccc2OCC2CCCCC2)ccc1Cl. The Balaban J connectivity index is 1.77. The van der Waals surface area contributed by atoms with E-state index >= 15 is 0 Å². The van der Waals surface area contributed by atoms with E-state index in [0.29, 0.717) is 22.7 Å². The number of amides is 1. The average Bonchev–Trinajstić information content (AvgIpc) is 2.78. The van der Waals surface area contributed by atoms with Gasteiger partial charge in [0.1, 0.15) is 4.90 Å². The third kappa shape index (κ3) is 5.74. The summed E-state index contributed by atoms with van der Waals surface area (Å²) in [6.07, 6.45) is 7.52. The maximum atomic E-state index is 12.8. The van der Waals surface area contributed by atoms with E-state index in [9.17, 15) is 13.2 Å². The Morgan fingerprint density at radius 2 is 2.00 bits per heavy atom. The lowest BCUT2D eigenvalue weighted by Crippen LogP contribution is -2.26. The molecule has 1 aliphatic carbocycles. The van der Waals surface area contributed by atoms with Gasteiger partial charge in [-0.2, -0.15) is 0 Å². The number of aromatic nitrogens is 1. The molecule has 1 N–H and O–H groups in total. The first-order chi connectivity index (χ1) is 14.8. The van der Waals surface area contributed by atoms with Crippen molar-refractivity contribution in [1.82, 2.24) is 9.45 Å². The van der Waals surface area contributed by atoms with E-state index in [1.807, 2.05) is 0 Å². The van der Waals surface area contributed by atoms with Crippen molar-refractivity contribution in [2.24, 2.45) is 5.92 Å². The molecule has 1 saturated carbocycles. The number of halogens is 1. The van der Waals surface area contributed by atoms with Crippen LogP contribution in [0.25, 0.3) is 0 Å². The van der Waals surface area contributed by atoms with E-state index < -0.39 is 15.9 Å². The number of nitrogens with one attached hydrogen (secondary N) is 1. The zero-order chi connectivity index (χ0) is 22.4. The van der Waals surface area contributed by atoms with Crippen LogP contribution in [0.15, 0.2) is 41.4 Å². The Labute approximate surface area is 187 Å². The summed E-state index contributed by atoms with van der Waals surface area (Å²) in [6.45, 7) is 0.571. The molecule has 2 aromatic rings.